The summed E-state index contributed by atoms with van der Waals surface area (Å²) in [4.78, 5) is 15.7. The largest absolute Gasteiger partial charge is 0.347 e. The van der Waals surface area contributed by atoms with Gasteiger partial charge in [-0.15, -0.1) is 12.3 Å². The normalized spacial score (nSPS) is 22.1. The Morgan fingerprint density at radius 2 is 2.40 bits per heavy atom. The highest BCUT2D eigenvalue weighted by molar-refractivity contribution is 5.81. The number of amides is 1. The highest BCUT2D eigenvalue weighted by Crippen LogP contribution is 2.06. The van der Waals surface area contributed by atoms with E-state index in [-0.39, 0.29) is 11.9 Å². The van der Waals surface area contributed by atoms with Crippen molar-refractivity contribution in [1.82, 2.24) is 15.1 Å². The summed E-state index contributed by atoms with van der Waals surface area (Å²) < 4.78 is 0. The number of terminal acetylenes is 1. The van der Waals surface area contributed by atoms with Gasteiger partial charge < -0.3 is 10.2 Å². The Morgan fingerprint density at radius 1 is 1.67 bits per heavy atom. The van der Waals surface area contributed by atoms with Gasteiger partial charge in [0.25, 0.3) is 0 Å². The summed E-state index contributed by atoms with van der Waals surface area (Å²) in [6.07, 6.45) is 5.94. The number of hydrogen-bond donors (Lipinski definition) is 1. The van der Waals surface area contributed by atoms with Crippen LogP contribution in [0.3, 0.4) is 0 Å². The van der Waals surface area contributed by atoms with Gasteiger partial charge in [0.15, 0.2) is 0 Å². The van der Waals surface area contributed by atoms with E-state index < -0.39 is 0 Å². The molecule has 1 rings (SSSR count). The van der Waals surface area contributed by atoms with E-state index in [0.717, 1.165) is 26.2 Å². The maximum atomic E-state index is 11.9. The molecule has 0 saturated carbocycles. The van der Waals surface area contributed by atoms with Gasteiger partial charge in [0.2, 0.25) is 5.91 Å². The lowest BCUT2D eigenvalue weighted by Gasteiger charge is -2.36. The predicted molar refractivity (Wildman–Crippen MR) is 60.4 cm³/mol. The van der Waals surface area contributed by atoms with Gasteiger partial charge in [-0.05, 0) is 0 Å². The predicted octanol–water partition coefficient (Wildman–Crippen LogP) is -0.628. The summed E-state index contributed by atoms with van der Waals surface area (Å²) in [6.45, 7) is 3.36. The van der Waals surface area contributed by atoms with Gasteiger partial charge in [0.05, 0.1) is 0 Å². The van der Waals surface area contributed by atoms with Crippen molar-refractivity contribution >= 4 is 5.91 Å². The molecule has 0 spiro atoms. The third kappa shape index (κ3) is 3.22. The van der Waals surface area contributed by atoms with Gasteiger partial charge in [-0.1, -0.05) is 0 Å². The van der Waals surface area contributed by atoms with Crippen molar-refractivity contribution in [1.29, 1.82) is 0 Å². The minimum atomic E-state index is -0.0536. The van der Waals surface area contributed by atoms with Crippen molar-refractivity contribution in [3.63, 3.8) is 0 Å². The molecular formula is C11H19N3O. The standard InChI is InChI=1S/C11H19N3O/c1-4-5-7-14-8-6-12-9-10(14)11(15)13(2)3/h1,10,12H,5-9H2,2-3H3. The van der Waals surface area contributed by atoms with E-state index in [1.807, 2.05) is 0 Å². The van der Waals surface area contributed by atoms with Crippen molar-refractivity contribution < 1.29 is 4.79 Å². The molecule has 0 aromatic rings. The van der Waals surface area contributed by atoms with Crippen LogP contribution in [0.2, 0.25) is 0 Å². The molecule has 1 aliphatic heterocycles. The number of hydrogen-bond acceptors (Lipinski definition) is 3. The van der Waals surface area contributed by atoms with Crippen LogP contribution in [-0.4, -0.2) is 62.0 Å². The molecule has 4 heteroatoms. The molecule has 0 aromatic heterocycles. The average Bonchev–Trinajstić information content (AvgIpc) is 2.25. The minimum Gasteiger partial charge on any atom is -0.347 e. The molecule has 1 fully saturated rings. The van der Waals surface area contributed by atoms with E-state index in [1.54, 1.807) is 19.0 Å². The van der Waals surface area contributed by atoms with Crippen LogP contribution in [0, 0.1) is 12.3 Å². The highest BCUT2D eigenvalue weighted by atomic mass is 16.2. The topological polar surface area (TPSA) is 35.6 Å². The summed E-state index contributed by atoms with van der Waals surface area (Å²) in [5.74, 6) is 2.77. The Bertz CT molecular complexity index is 257. The Labute approximate surface area is 91.6 Å². The summed E-state index contributed by atoms with van der Waals surface area (Å²) in [5, 5.41) is 3.24. The Kier molecular flexibility index (Phi) is 4.60. The maximum absolute atomic E-state index is 11.9. The second kappa shape index (κ2) is 5.74. The Morgan fingerprint density at radius 3 is 3.00 bits per heavy atom. The SMILES string of the molecule is C#CCCN1CCNCC1C(=O)N(C)C. The molecule has 1 atom stereocenters. The number of likely N-dealkylation sites (N-methyl/N-ethyl adjacent to an activating group) is 1. The van der Waals surface area contributed by atoms with Crippen molar-refractivity contribution in [2.75, 3.05) is 40.3 Å². The summed E-state index contributed by atoms with van der Waals surface area (Å²) in [5.41, 5.74) is 0. The first-order valence-electron chi connectivity index (χ1n) is 5.26. The third-order valence-corrected chi connectivity index (χ3v) is 2.62. The van der Waals surface area contributed by atoms with Crippen LogP contribution in [0.15, 0.2) is 0 Å². The van der Waals surface area contributed by atoms with Gasteiger partial charge in [-0.25, -0.2) is 0 Å². The van der Waals surface area contributed by atoms with Crippen LogP contribution in [-0.2, 0) is 4.79 Å². The fraction of sp³-hybridized carbons (Fsp3) is 0.727. The smallest absolute Gasteiger partial charge is 0.240 e. The average molecular weight is 209 g/mol. The number of carbonyl (C=O) groups is 1. The van der Waals surface area contributed by atoms with Crippen LogP contribution < -0.4 is 5.32 Å². The minimum absolute atomic E-state index is 0.0536. The fourth-order valence-electron chi connectivity index (χ4n) is 1.76. The van der Waals surface area contributed by atoms with Gasteiger partial charge >= 0.3 is 0 Å². The van der Waals surface area contributed by atoms with Crippen LogP contribution in [0.5, 0.6) is 0 Å². The van der Waals surface area contributed by atoms with Gasteiger partial charge in [0.1, 0.15) is 6.04 Å². The third-order valence-electron chi connectivity index (χ3n) is 2.62. The lowest BCUT2D eigenvalue weighted by Crippen LogP contribution is -2.57. The molecule has 1 N–H and O–H groups in total. The fourth-order valence-corrected chi connectivity index (χ4v) is 1.76. The van der Waals surface area contributed by atoms with Crippen LogP contribution in [0.1, 0.15) is 6.42 Å². The summed E-state index contributed by atoms with van der Waals surface area (Å²) in [7, 11) is 3.58. The number of carbonyl (C=O) groups excluding carboxylic acids is 1. The molecule has 1 unspecified atom stereocenters. The Hall–Kier alpha value is -1.05. The first kappa shape index (κ1) is 12.0. The number of rotatable bonds is 3. The zero-order valence-corrected chi connectivity index (χ0v) is 9.49. The van der Waals surface area contributed by atoms with E-state index >= 15 is 0 Å². The van der Waals surface area contributed by atoms with Crippen LogP contribution >= 0.6 is 0 Å². The molecule has 0 aromatic carbocycles. The van der Waals surface area contributed by atoms with Crippen molar-refractivity contribution in [2.24, 2.45) is 0 Å². The van der Waals surface area contributed by atoms with E-state index in [4.69, 9.17) is 6.42 Å². The number of nitrogens with one attached hydrogen (secondary N) is 1. The molecule has 1 aliphatic rings. The molecule has 1 saturated heterocycles. The highest BCUT2D eigenvalue weighted by Gasteiger charge is 2.28. The number of nitrogens with zero attached hydrogens (tertiary/aromatic N) is 2. The lowest BCUT2D eigenvalue weighted by molar-refractivity contribution is -0.135. The van der Waals surface area contributed by atoms with Crippen LogP contribution in [0.25, 0.3) is 0 Å². The van der Waals surface area contributed by atoms with Gasteiger partial charge in [0, 0.05) is 46.7 Å². The molecular weight excluding hydrogens is 190 g/mol. The van der Waals surface area contributed by atoms with E-state index in [9.17, 15) is 4.79 Å². The summed E-state index contributed by atoms with van der Waals surface area (Å²) >= 11 is 0. The molecule has 1 heterocycles. The Balaban J connectivity index is 2.57. The monoisotopic (exact) mass is 209 g/mol. The molecule has 0 radical (unpaired) electrons. The molecule has 84 valence electrons. The van der Waals surface area contributed by atoms with Crippen molar-refractivity contribution in [3.8, 4) is 12.3 Å². The molecule has 0 aliphatic carbocycles. The summed E-state index contributed by atoms with van der Waals surface area (Å²) in [6, 6.07) is -0.0536. The first-order chi connectivity index (χ1) is 7.16. The zero-order chi connectivity index (χ0) is 11.3. The zero-order valence-electron chi connectivity index (χ0n) is 9.49. The second-order valence-corrected chi connectivity index (χ2v) is 3.94. The quantitative estimate of drug-likeness (QED) is 0.629. The van der Waals surface area contributed by atoms with E-state index in [2.05, 4.69) is 16.1 Å². The lowest BCUT2D eigenvalue weighted by atomic mass is 10.1. The molecule has 4 nitrogen and oxygen atoms in total. The van der Waals surface area contributed by atoms with E-state index in [1.165, 1.54) is 0 Å². The first-order valence-corrected chi connectivity index (χ1v) is 5.26. The van der Waals surface area contributed by atoms with Gasteiger partial charge in [-0.2, -0.15) is 0 Å². The van der Waals surface area contributed by atoms with E-state index in [0.29, 0.717) is 6.42 Å². The maximum Gasteiger partial charge on any atom is 0.240 e. The number of piperazine rings is 1. The van der Waals surface area contributed by atoms with Gasteiger partial charge in [-0.3, -0.25) is 9.69 Å². The molecule has 0 bridgehead atoms. The van der Waals surface area contributed by atoms with Crippen molar-refractivity contribution in [3.05, 3.63) is 0 Å². The van der Waals surface area contributed by atoms with Crippen LogP contribution in [0.4, 0.5) is 0 Å². The second-order valence-electron chi connectivity index (χ2n) is 3.94. The molecule has 1 amide bonds. The van der Waals surface area contributed by atoms with Crippen molar-refractivity contribution in [2.45, 2.75) is 12.5 Å². The molecule has 15 heavy (non-hydrogen) atoms.